The zero-order valence-corrected chi connectivity index (χ0v) is 15.6. The summed E-state index contributed by atoms with van der Waals surface area (Å²) in [6, 6.07) is 13.1. The van der Waals surface area contributed by atoms with Crippen molar-refractivity contribution in [3.8, 4) is 5.75 Å². The highest BCUT2D eigenvalue weighted by atomic mass is 35.5. The molecule has 0 radical (unpaired) electrons. The van der Waals surface area contributed by atoms with E-state index >= 15 is 0 Å². The molecule has 0 atom stereocenters. The van der Waals surface area contributed by atoms with Crippen LogP contribution in [0.5, 0.6) is 5.75 Å². The van der Waals surface area contributed by atoms with Crippen LogP contribution in [0.25, 0.3) is 0 Å². The highest BCUT2D eigenvalue weighted by Gasteiger charge is 2.06. The highest BCUT2D eigenvalue weighted by Crippen LogP contribution is 2.21. The minimum Gasteiger partial charge on any atom is -0.483 e. The molecule has 25 heavy (non-hydrogen) atoms. The molecule has 0 aliphatic rings. The van der Waals surface area contributed by atoms with Crippen LogP contribution in [0.4, 0.5) is 5.69 Å². The number of aryl methyl sites for hydroxylation is 2. The Balaban J connectivity index is 1.74. The number of benzene rings is 2. The first-order valence-electron chi connectivity index (χ1n) is 7.81. The van der Waals surface area contributed by atoms with Gasteiger partial charge in [0.1, 0.15) is 5.75 Å². The van der Waals surface area contributed by atoms with Crippen molar-refractivity contribution in [2.24, 2.45) is 0 Å². The lowest BCUT2D eigenvalue weighted by molar-refractivity contribution is -0.123. The topological polar surface area (TPSA) is 62.4 Å². The van der Waals surface area contributed by atoms with E-state index in [1.807, 2.05) is 31.2 Å². The van der Waals surface area contributed by atoms with Crippen LogP contribution in [0.15, 0.2) is 42.5 Å². The van der Waals surface area contributed by atoms with Crippen molar-refractivity contribution in [3.05, 3.63) is 58.6 Å². The Hall–Kier alpha value is -2.31. The Labute approximate surface area is 157 Å². The number of carbonyl (C=O) groups is 1. The number of hydrogen-bond acceptors (Lipinski definition) is 3. The number of amides is 1. The van der Waals surface area contributed by atoms with Gasteiger partial charge in [0.15, 0.2) is 11.7 Å². The average molecular weight is 378 g/mol. The van der Waals surface area contributed by atoms with Gasteiger partial charge in [-0.05, 0) is 67.0 Å². The van der Waals surface area contributed by atoms with Crippen LogP contribution in [0.3, 0.4) is 0 Å². The molecule has 3 N–H and O–H groups in total. The van der Waals surface area contributed by atoms with E-state index in [0.29, 0.717) is 15.9 Å². The third-order valence-electron chi connectivity index (χ3n) is 3.43. The molecule has 0 saturated heterocycles. The number of thiocarbonyl (C=S) groups is 1. The van der Waals surface area contributed by atoms with Gasteiger partial charge in [-0.3, -0.25) is 15.6 Å². The molecule has 0 bridgehead atoms. The fraction of sp³-hybridized carbons (Fsp3) is 0.222. The van der Waals surface area contributed by atoms with Crippen LogP contribution in [-0.2, 0) is 11.2 Å². The third-order valence-corrected chi connectivity index (χ3v) is 3.87. The lowest BCUT2D eigenvalue weighted by atomic mass is 10.1. The van der Waals surface area contributed by atoms with Gasteiger partial charge in [-0.15, -0.1) is 0 Å². The average Bonchev–Trinajstić information content (AvgIpc) is 2.60. The smallest absolute Gasteiger partial charge is 0.276 e. The molecule has 0 aromatic heterocycles. The maximum Gasteiger partial charge on any atom is 0.276 e. The van der Waals surface area contributed by atoms with E-state index in [4.69, 9.17) is 28.6 Å². The van der Waals surface area contributed by atoms with Gasteiger partial charge in [-0.25, -0.2) is 0 Å². The van der Waals surface area contributed by atoms with Crippen molar-refractivity contribution in [1.29, 1.82) is 0 Å². The maximum absolute atomic E-state index is 11.8. The number of anilines is 1. The molecule has 0 saturated carbocycles. The molecule has 0 aliphatic carbocycles. The monoisotopic (exact) mass is 377 g/mol. The van der Waals surface area contributed by atoms with Gasteiger partial charge in [-0.2, -0.15) is 0 Å². The van der Waals surface area contributed by atoms with Crippen LogP contribution >= 0.6 is 23.8 Å². The summed E-state index contributed by atoms with van der Waals surface area (Å²) in [4.78, 5) is 11.8. The first kappa shape index (κ1) is 19.0. The molecule has 2 rings (SSSR count). The molecule has 0 fully saturated rings. The SMILES string of the molecule is CCc1ccc(NC(=S)NNC(=O)COc2ccc(Cl)cc2C)cc1. The molecular weight excluding hydrogens is 358 g/mol. The Morgan fingerprint density at radius 1 is 1.16 bits per heavy atom. The number of hydrogen-bond donors (Lipinski definition) is 3. The van der Waals surface area contributed by atoms with Crippen molar-refractivity contribution >= 4 is 40.5 Å². The van der Waals surface area contributed by atoms with Crippen molar-refractivity contribution < 1.29 is 9.53 Å². The zero-order valence-electron chi connectivity index (χ0n) is 14.1. The van der Waals surface area contributed by atoms with Crippen LogP contribution in [0.2, 0.25) is 5.02 Å². The van der Waals surface area contributed by atoms with E-state index in [0.717, 1.165) is 17.7 Å². The summed E-state index contributed by atoms with van der Waals surface area (Å²) in [7, 11) is 0. The van der Waals surface area contributed by atoms with Crippen LogP contribution in [-0.4, -0.2) is 17.6 Å². The van der Waals surface area contributed by atoms with E-state index < -0.39 is 0 Å². The first-order valence-corrected chi connectivity index (χ1v) is 8.60. The summed E-state index contributed by atoms with van der Waals surface area (Å²) in [6.07, 6.45) is 0.978. The van der Waals surface area contributed by atoms with Gasteiger partial charge >= 0.3 is 0 Å². The minimum atomic E-state index is -0.347. The van der Waals surface area contributed by atoms with E-state index in [1.165, 1.54) is 5.56 Å². The van der Waals surface area contributed by atoms with Gasteiger partial charge in [0, 0.05) is 10.7 Å². The van der Waals surface area contributed by atoms with Crippen LogP contribution < -0.4 is 20.9 Å². The standard InChI is InChI=1S/C18H20ClN3O2S/c1-3-13-4-7-15(8-5-13)20-18(25)22-21-17(23)11-24-16-9-6-14(19)10-12(16)2/h4-10H,3,11H2,1-2H3,(H,21,23)(H2,20,22,25). The highest BCUT2D eigenvalue weighted by molar-refractivity contribution is 7.80. The number of nitrogens with one attached hydrogen (secondary N) is 3. The number of carbonyl (C=O) groups excluding carboxylic acids is 1. The van der Waals surface area contributed by atoms with Gasteiger partial charge in [0.2, 0.25) is 0 Å². The Morgan fingerprint density at radius 3 is 2.52 bits per heavy atom. The zero-order chi connectivity index (χ0) is 18.2. The molecule has 2 aromatic carbocycles. The van der Waals surface area contributed by atoms with E-state index in [-0.39, 0.29) is 12.5 Å². The number of hydrazine groups is 1. The Morgan fingerprint density at radius 2 is 1.88 bits per heavy atom. The molecule has 132 valence electrons. The second-order valence-corrected chi connectivity index (χ2v) is 6.22. The lowest BCUT2D eigenvalue weighted by Gasteiger charge is -2.13. The predicted molar refractivity (Wildman–Crippen MR) is 105 cm³/mol. The number of ether oxygens (including phenoxy) is 1. The molecule has 0 aliphatic heterocycles. The second kappa shape index (κ2) is 9.25. The van der Waals surface area contributed by atoms with Gasteiger partial charge in [0.05, 0.1) is 0 Å². The van der Waals surface area contributed by atoms with Gasteiger partial charge in [-0.1, -0.05) is 30.7 Å². The largest absolute Gasteiger partial charge is 0.483 e. The number of halogens is 1. The maximum atomic E-state index is 11.8. The van der Waals surface area contributed by atoms with Crippen molar-refractivity contribution in [1.82, 2.24) is 10.9 Å². The fourth-order valence-electron chi connectivity index (χ4n) is 2.07. The minimum absolute atomic E-state index is 0.136. The summed E-state index contributed by atoms with van der Waals surface area (Å²) < 4.78 is 5.46. The summed E-state index contributed by atoms with van der Waals surface area (Å²) in [5.41, 5.74) is 8.07. The fourth-order valence-corrected chi connectivity index (χ4v) is 2.46. The summed E-state index contributed by atoms with van der Waals surface area (Å²) in [5.74, 6) is 0.260. The summed E-state index contributed by atoms with van der Waals surface area (Å²) in [5, 5.41) is 3.90. The third kappa shape index (κ3) is 6.25. The van der Waals surface area contributed by atoms with Gasteiger partial charge < -0.3 is 10.1 Å². The molecule has 7 heteroatoms. The second-order valence-electron chi connectivity index (χ2n) is 5.38. The Bertz CT molecular complexity index is 750. The van der Waals surface area contributed by atoms with Gasteiger partial charge in [0.25, 0.3) is 5.91 Å². The van der Waals surface area contributed by atoms with Crippen molar-refractivity contribution in [3.63, 3.8) is 0 Å². The van der Waals surface area contributed by atoms with E-state index in [2.05, 4.69) is 23.1 Å². The molecule has 1 amide bonds. The first-order chi connectivity index (χ1) is 12.0. The molecule has 2 aromatic rings. The van der Waals surface area contributed by atoms with E-state index in [1.54, 1.807) is 18.2 Å². The van der Waals surface area contributed by atoms with Crippen molar-refractivity contribution in [2.45, 2.75) is 20.3 Å². The molecule has 0 heterocycles. The van der Waals surface area contributed by atoms with Crippen LogP contribution in [0.1, 0.15) is 18.1 Å². The lowest BCUT2D eigenvalue weighted by Crippen LogP contribution is -2.45. The molecule has 5 nitrogen and oxygen atoms in total. The predicted octanol–water partition coefficient (Wildman–Crippen LogP) is 3.61. The number of rotatable bonds is 5. The quantitative estimate of drug-likeness (QED) is 0.549. The summed E-state index contributed by atoms with van der Waals surface area (Å²) in [6.45, 7) is 3.82. The molecule has 0 spiro atoms. The normalized spacial score (nSPS) is 10.0. The molecular formula is C18H20ClN3O2S. The van der Waals surface area contributed by atoms with Crippen molar-refractivity contribution in [2.75, 3.05) is 11.9 Å². The summed E-state index contributed by atoms with van der Waals surface area (Å²) >= 11 is 11.0. The van der Waals surface area contributed by atoms with Crippen LogP contribution in [0, 0.1) is 6.92 Å². The van der Waals surface area contributed by atoms with E-state index in [9.17, 15) is 4.79 Å². The molecule has 0 unspecified atom stereocenters. The Kier molecular flexibility index (Phi) is 7.03.